The van der Waals surface area contributed by atoms with Gasteiger partial charge in [0, 0.05) is 18.2 Å². The third kappa shape index (κ3) is 4.62. The minimum atomic E-state index is -0.415. The molecule has 0 aliphatic carbocycles. The number of benzene rings is 1. The summed E-state index contributed by atoms with van der Waals surface area (Å²) in [4.78, 5) is 30.0. The molecule has 1 N–H and O–H groups in total. The van der Waals surface area contributed by atoms with Gasteiger partial charge in [-0.05, 0) is 50.9 Å². The number of ketones is 1. The van der Waals surface area contributed by atoms with Crippen LogP contribution in [0.2, 0.25) is 0 Å². The highest BCUT2D eigenvalue weighted by Crippen LogP contribution is 2.22. The number of hydrogen-bond acceptors (Lipinski definition) is 5. The molecular formula is C22H28N2O4. The molecule has 2 heterocycles. The number of carbonyl (C=O) groups excluding carboxylic acids is 2. The van der Waals surface area contributed by atoms with Gasteiger partial charge in [-0.3, -0.25) is 9.69 Å². The van der Waals surface area contributed by atoms with Gasteiger partial charge >= 0.3 is 5.97 Å². The van der Waals surface area contributed by atoms with Gasteiger partial charge < -0.3 is 14.5 Å². The number of rotatable bonds is 7. The molecule has 1 fully saturated rings. The van der Waals surface area contributed by atoms with Crippen LogP contribution in [0.5, 0.6) is 5.75 Å². The Bertz CT molecular complexity index is 829. The Balaban J connectivity index is 1.59. The van der Waals surface area contributed by atoms with Crippen LogP contribution in [0.15, 0.2) is 30.3 Å². The fourth-order valence-electron chi connectivity index (χ4n) is 3.88. The number of piperidine rings is 1. The lowest BCUT2D eigenvalue weighted by atomic mass is 9.98. The number of Topliss-reactive ketones (excluding diaryl/α,β-unsaturated/α-hetero) is 1. The van der Waals surface area contributed by atoms with Gasteiger partial charge in [-0.15, -0.1) is 0 Å². The van der Waals surface area contributed by atoms with Crippen molar-refractivity contribution in [3.63, 3.8) is 0 Å². The molecule has 6 heteroatoms. The van der Waals surface area contributed by atoms with Crippen molar-refractivity contribution in [2.45, 2.75) is 26.7 Å². The maximum absolute atomic E-state index is 12.8. The zero-order valence-electron chi connectivity index (χ0n) is 16.8. The number of carbonyl (C=O) groups is 2. The first-order valence-electron chi connectivity index (χ1n) is 9.70. The molecule has 0 saturated carbocycles. The SMILES string of the molecule is COC(=O)c1c(C)[nH]c(C(=O)CN2CCCC(COc3ccccc3)C2)c1C. The van der Waals surface area contributed by atoms with Crippen LogP contribution < -0.4 is 4.74 Å². The molecule has 0 radical (unpaired) electrons. The fraction of sp³-hybridized carbons (Fsp3) is 0.455. The van der Waals surface area contributed by atoms with E-state index < -0.39 is 5.97 Å². The summed E-state index contributed by atoms with van der Waals surface area (Å²) in [6.45, 7) is 6.30. The minimum Gasteiger partial charge on any atom is -0.493 e. The van der Waals surface area contributed by atoms with Crippen molar-refractivity contribution < 1.29 is 19.1 Å². The number of likely N-dealkylation sites (tertiary alicyclic amines) is 1. The van der Waals surface area contributed by atoms with E-state index in [1.807, 2.05) is 30.3 Å². The van der Waals surface area contributed by atoms with Crippen molar-refractivity contribution in [2.75, 3.05) is 33.4 Å². The fourth-order valence-corrected chi connectivity index (χ4v) is 3.88. The zero-order chi connectivity index (χ0) is 20.1. The smallest absolute Gasteiger partial charge is 0.339 e. The number of aromatic nitrogens is 1. The first-order chi connectivity index (χ1) is 13.5. The van der Waals surface area contributed by atoms with E-state index in [-0.39, 0.29) is 5.78 Å². The maximum Gasteiger partial charge on any atom is 0.339 e. The number of H-pyrrole nitrogens is 1. The molecule has 0 bridgehead atoms. The maximum atomic E-state index is 12.8. The Morgan fingerprint density at radius 1 is 1.21 bits per heavy atom. The molecule has 3 rings (SSSR count). The van der Waals surface area contributed by atoms with Crippen LogP contribution in [-0.2, 0) is 4.74 Å². The highest BCUT2D eigenvalue weighted by atomic mass is 16.5. The zero-order valence-corrected chi connectivity index (χ0v) is 16.8. The molecule has 1 unspecified atom stereocenters. The predicted octanol–water partition coefficient (Wildman–Crippen LogP) is 3.39. The normalized spacial score (nSPS) is 17.3. The standard InChI is InChI=1S/C22H28N2O4/c1-15-20(22(26)27-3)16(2)23-21(15)19(25)13-24-11-7-8-17(12-24)14-28-18-9-5-4-6-10-18/h4-6,9-10,17,23H,7-8,11-14H2,1-3H3. The van der Waals surface area contributed by atoms with E-state index in [1.165, 1.54) is 7.11 Å². The highest BCUT2D eigenvalue weighted by molar-refractivity contribution is 6.02. The summed E-state index contributed by atoms with van der Waals surface area (Å²) in [7, 11) is 1.35. The van der Waals surface area contributed by atoms with Crippen LogP contribution in [-0.4, -0.2) is 55.0 Å². The van der Waals surface area contributed by atoms with Crippen LogP contribution in [0.1, 0.15) is 44.9 Å². The molecule has 6 nitrogen and oxygen atoms in total. The van der Waals surface area contributed by atoms with E-state index >= 15 is 0 Å². The van der Waals surface area contributed by atoms with E-state index in [9.17, 15) is 9.59 Å². The van der Waals surface area contributed by atoms with Gasteiger partial charge in [-0.2, -0.15) is 0 Å². The molecule has 1 atom stereocenters. The Kier molecular flexibility index (Phi) is 6.52. The molecule has 2 aromatic rings. The van der Waals surface area contributed by atoms with Crippen LogP contribution in [0.3, 0.4) is 0 Å². The van der Waals surface area contributed by atoms with Gasteiger partial charge in [0.15, 0.2) is 5.78 Å². The molecule has 1 aromatic heterocycles. The lowest BCUT2D eigenvalue weighted by Crippen LogP contribution is -2.40. The number of hydrogen-bond donors (Lipinski definition) is 1. The Morgan fingerprint density at radius 2 is 1.96 bits per heavy atom. The van der Waals surface area contributed by atoms with Crippen molar-refractivity contribution >= 4 is 11.8 Å². The summed E-state index contributed by atoms with van der Waals surface area (Å²) in [5, 5.41) is 0. The summed E-state index contributed by atoms with van der Waals surface area (Å²) < 4.78 is 10.7. The number of nitrogens with one attached hydrogen (secondary N) is 1. The summed E-state index contributed by atoms with van der Waals surface area (Å²) in [5.74, 6) is 0.865. The quantitative estimate of drug-likeness (QED) is 0.585. The monoisotopic (exact) mass is 384 g/mol. The van der Waals surface area contributed by atoms with Crippen molar-refractivity contribution in [2.24, 2.45) is 5.92 Å². The van der Waals surface area contributed by atoms with Gasteiger partial charge in [0.1, 0.15) is 5.75 Å². The topological polar surface area (TPSA) is 71.6 Å². The van der Waals surface area contributed by atoms with Gasteiger partial charge in [0.25, 0.3) is 0 Å². The van der Waals surface area contributed by atoms with Crippen molar-refractivity contribution in [3.05, 3.63) is 52.8 Å². The molecule has 150 valence electrons. The number of methoxy groups -OCH3 is 1. The summed E-state index contributed by atoms with van der Waals surface area (Å²) >= 11 is 0. The lowest BCUT2D eigenvalue weighted by Gasteiger charge is -2.32. The molecule has 1 saturated heterocycles. The number of nitrogens with zero attached hydrogens (tertiary/aromatic N) is 1. The second kappa shape index (κ2) is 9.06. The highest BCUT2D eigenvalue weighted by Gasteiger charge is 2.26. The van der Waals surface area contributed by atoms with E-state index in [0.29, 0.717) is 41.6 Å². The molecule has 28 heavy (non-hydrogen) atoms. The van der Waals surface area contributed by atoms with Crippen molar-refractivity contribution in [1.82, 2.24) is 9.88 Å². The number of ether oxygens (including phenoxy) is 2. The summed E-state index contributed by atoms with van der Waals surface area (Å²) in [6, 6.07) is 9.81. The molecule has 0 spiro atoms. The number of aryl methyl sites for hydroxylation is 1. The number of esters is 1. The van der Waals surface area contributed by atoms with Crippen LogP contribution >= 0.6 is 0 Å². The average molecular weight is 384 g/mol. The molecule has 0 amide bonds. The molecule has 1 aliphatic heterocycles. The Morgan fingerprint density at radius 3 is 2.68 bits per heavy atom. The molecule has 1 aliphatic rings. The van der Waals surface area contributed by atoms with Crippen molar-refractivity contribution in [1.29, 1.82) is 0 Å². The first kappa shape index (κ1) is 20.1. The Labute approximate surface area is 165 Å². The lowest BCUT2D eigenvalue weighted by molar-refractivity contribution is 0.0599. The van der Waals surface area contributed by atoms with Crippen LogP contribution in [0.4, 0.5) is 0 Å². The largest absolute Gasteiger partial charge is 0.493 e. The summed E-state index contributed by atoms with van der Waals surface area (Å²) in [5.41, 5.74) is 2.29. The first-order valence-corrected chi connectivity index (χ1v) is 9.70. The average Bonchev–Trinajstić information content (AvgIpc) is 3.01. The minimum absolute atomic E-state index is 0.000353. The van der Waals surface area contributed by atoms with Gasteiger partial charge in [-0.25, -0.2) is 4.79 Å². The van der Waals surface area contributed by atoms with Gasteiger partial charge in [0.2, 0.25) is 0 Å². The summed E-state index contributed by atoms with van der Waals surface area (Å²) in [6.07, 6.45) is 2.15. The van der Waals surface area contributed by atoms with Gasteiger partial charge in [-0.1, -0.05) is 18.2 Å². The van der Waals surface area contributed by atoms with E-state index in [0.717, 1.165) is 31.7 Å². The van der Waals surface area contributed by atoms with Crippen LogP contribution in [0.25, 0.3) is 0 Å². The van der Waals surface area contributed by atoms with Crippen LogP contribution in [0, 0.1) is 19.8 Å². The Hall–Kier alpha value is -2.60. The van der Waals surface area contributed by atoms with E-state index in [2.05, 4.69) is 9.88 Å². The second-order valence-electron chi connectivity index (χ2n) is 7.41. The second-order valence-corrected chi connectivity index (χ2v) is 7.41. The third-order valence-electron chi connectivity index (χ3n) is 5.31. The number of aromatic amines is 1. The number of para-hydroxylation sites is 1. The molecular weight excluding hydrogens is 356 g/mol. The predicted molar refractivity (Wildman–Crippen MR) is 107 cm³/mol. The molecule has 1 aromatic carbocycles. The van der Waals surface area contributed by atoms with Gasteiger partial charge in [0.05, 0.1) is 31.5 Å². The van der Waals surface area contributed by atoms with E-state index in [4.69, 9.17) is 9.47 Å². The van der Waals surface area contributed by atoms with Crippen molar-refractivity contribution in [3.8, 4) is 5.75 Å². The van der Waals surface area contributed by atoms with E-state index in [1.54, 1.807) is 13.8 Å². The third-order valence-corrected chi connectivity index (χ3v) is 5.31.